The predicted molar refractivity (Wildman–Crippen MR) is 42.9 cm³/mol. The van der Waals surface area contributed by atoms with Crippen LogP contribution in [-0.2, 0) is 0 Å². The van der Waals surface area contributed by atoms with Gasteiger partial charge in [-0.15, -0.1) is 0 Å². The molecule has 0 aromatic rings. The molecule has 0 aromatic heterocycles. The lowest BCUT2D eigenvalue weighted by molar-refractivity contribution is 0.168. The molecule has 1 nitrogen and oxygen atoms in total. The van der Waals surface area contributed by atoms with Crippen LogP contribution in [0.15, 0.2) is 0 Å². The van der Waals surface area contributed by atoms with Crippen molar-refractivity contribution < 1.29 is 0 Å². The van der Waals surface area contributed by atoms with Gasteiger partial charge in [0.1, 0.15) is 0 Å². The van der Waals surface area contributed by atoms with Crippen LogP contribution in [0.25, 0.3) is 0 Å². The smallest absolute Gasteiger partial charge is 0.00819 e. The van der Waals surface area contributed by atoms with Crippen LogP contribution in [0.2, 0.25) is 0 Å². The molecule has 0 aromatic carbocycles. The van der Waals surface area contributed by atoms with Gasteiger partial charge < -0.3 is 5.32 Å². The lowest BCUT2D eigenvalue weighted by atomic mass is 9.80. The van der Waals surface area contributed by atoms with Crippen molar-refractivity contribution in [1.29, 1.82) is 0 Å². The summed E-state index contributed by atoms with van der Waals surface area (Å²) in [4.78, 5) is 0. The maximum absolute atomic E-state index is 3.44. The molecule has 0 radical (unpaired) electrons. The van der Waals surface area contributed by atoms with E-state index in [-0.39, 0.29) is 0 Å². The third kappa shape index (κ3) is 0.968. The van der Waals surface area contributed by atoms with Crippen LogP contribution in [0, 0.1) is 11.8 Å². The summed E-state index contributed by atoms with van der Waals surface area (Å²) in [6, 6.07) is 0.822. The van der Waals surface area contributed by atoms with Gasteiger partial charge in [0, 0.05) is 6.04 Å². The molecular formula is C9H17N. The first kappa shape index (κ1) is 6.66. The van der Waals surface area contributed by atoms with Crippen molar-refractivity contribution in [3.05, 3.63) is 0 Å². The highest BCUT2D eigenvalue weighted by Gasteiger charge is 2.34. The maximum atomic E-state index is 3.44. The molecule has 0 spiro atoms. The van der Waals surface area contributed by atoms with Gasteiger partial charge in [-0.25, -0.2) is 0 Å². The van der Waals surface area contributed by atoms with E-state index < -0.39 is 0 Å². The number of rotatable bonds is 1. The van der Waals surface area contributed by atoms with E-state index in [2.05, 4.69) is 12.2 Å². The molecule has 1 heterocycles. The van der Waals surface area contributed by atoms with Crippen LogP contribution in [0.5, 0.6) is 0 Å². The van der Waals surface area contributed by atoms with E-state index in [1.165, 1.54) is 32.2 Å². The van der Waals surface area contributed by atoms with Crippen LogP contribution in [0.1, 0.15) is 32.6 Å². The van der Waals surface area contributed by atoms with E-state index in [0.29, 0.717) is 0 Å². The molecule has 1 saturated carbocycles. The Hall–Kier alpha value is -0.0400. The minimum absolute atomic E-state index is 0.822. The minimum Gasteiger partial charge on any atom is -0.314 e. The average molecular weight is 139 g/mol. The molecule has 10 heavy (non-hydrogen) atoms. The van der Waals surface area contributed by atoms with Gasteiger partial charge in [-0.2, -0.15) is 0 Å². The van der Waals surface area contributed by atoms with Gasteiger partial charge in [0.2, 0.25) is 0 Å². The Balaban J connectivity index is 1.86. The molecule has 2 unspecified atom stereocenters. The van der Waals surface area contributed by atoms with Gasteiger partial charge in [-0.3, -0.25) is 0 Å². The largest absolute Gasteiger partial charge is 0.314 e. The minimum atomic E-state index is 0.822. The third-order valence-electron chi connectivity index (χ3n) is 3.32. The molecule has 1 heteroatoms. The summed E-state index contributed by atoms with van der Waals surface area (Å²) in [6.07, 6.45) is 6.01. The number of hydrogen-bond acceptors (Lipinski definition) is 1. The van der Waals surface area contributed by atoms with Crippen LogP contribution in [0.3, 0.4) is 0 Å². The fourth-order valence-corrected chi connectivity index (χ4v) is 2.45. The summed E-state index contributed by atoms with van der Waals surface area (Å²) in [5, 5.41) is 3.44. The highest BCUT2D eigenvalue weighted by atomic mass is 15.0. The van der Waals surface area contributed by atoms with Gasteiger partial charge in [0.15, 0.2) is 0 Å². The topological polar surface area (TPSA) is 12.0 Å². The molecule has 58 valence electrons. The van der Waals surface area contributed by atoms with Crippen LogP contribution < -0.4 is 5.32 Å². The first-order chi connectivity index (χ1) is 4.88. The van der Waals surface area contributed by atoms with Gasteiger partial charge in [-0.1, -0.05) is 25.7 Å². The van der Waals surface area contributed by atoms with Crippen LogP contribution >= 0.6 is 0 Å². The van der Waals surface area contributed by atoms with Crippen molar-refractivity contribution in [3.8, 4) is 0 Å². The van der Waals surface area contributed by atoms with Gasteiger partial charge in [-0.05, 0) is 25.3 Å². The predicted octanol–water partition coefficient (Wildman–Crippen LogP) is 1.78. The average Bonchev–Trinajstić information content (AvgIpc) is 2.37. The molecule has 1 aliphatic carbocycles. The second-order valence-corrected chi connectivity index (χ2v) is 3.91. The lowest BCUT2D eigenvalue weighted by Gasteiger charge is -2.39. The zero-order valence-corrected chi connectivity index (χ0v) is 6.77. The highest BCUT2D eigenvalue weighted by Crippen LogP contribution is 2.35. The highest BCUT2D eigenvalue weighted by molar-refractivity contribution is 4.90. The Morgan fingerprint density at radius 2 is 1.90 bits per heavy atom. The van der Waals surface area contributed by atoms with Crippen LogP contribution in [-0.4, -0.2) is 12.6 Å². The maximum Gasteiger partial charge on any atom is 0.00819 e. The second kappa shape index (κ2) is 2.54. The fraction of sp³-hybridized carbons (Fsp3) is 1.00. The molecule has 1 saturated heterocycles. The summed E-state index contributed by atoms with van der Waals surface area (Å²) in [6.45, 7) is 3.62. The Labute approximate surface area is 63.2 Å². The normalized spacial score (nSPS) is 41.7. The Morgan fingerprint density at radius 3 is 2.30 bits per heavy atom. The van der Waals surface area contributed by atoms with Crippen LogP contribution in [0.4, 0.5) is 0 Å². The molecule has 1 aliphatic heterocycles. The fourth-order valence-electron chi connectivity index (χ4n) is 2.45. The molecule has 2 fully saturated rings. The molecule has 2 atom stereocenters. The number of hydrogen-bond donors (Lipinski definition) is 1. The summed E-state index contributed by atoms with van der Waals surface area (Å²) in [5.74, 6) is 2.11. The van der Waals surface area contributed by atoms with Gasteiger partial charge in [0.25, 0.3) is 0 Å². The first-order valence-corrected chi connectivity index (χ1v) is 4.61. The summed E-state index contributed by atoms with van der Waals surface area (Å²) in [7, 11) is 0. The van der Waals surface area contributed by atoms with Crippen molar-refractivity contribution in [2.45, 2.75) is 38.6 Å². The van der Waals surface area contributed by atoms with Crippen molar-refractivity contribution in [2.24, 2.45) is 11.8 Å². The molecule has 0 bridgehead atoms. The zero-order valence-electron chi connectivity index (χ0n) is 6.77. The van der Waals surface area contributed by atoms with Crippen molar-refractivity contribution in [1.82, 2.24) is 5.32 Å². The van der Waals surface area contributed by atoms with E-state index in [9.17, 15) is 0 Å². The third-order valence-corrected chi connectivity index (χ3v) is 3.32. The Bertz CT molecular complexity index is 116. The summed E-state index contributed by atoms with van der Waals surface area (Å²) < 4.78 is 0. The van der Waals surface area contributed by atoms with E-state index in [1.807, 2.05) is 0 Å². The molecule has 1 N–H and O–H groups in total. The first-order valence-electron chi connectivity index (χ1n) is 4.61. The molecule has 0 amide bonds. The van der Waals surface area contributed by atoms with E-state index >= 15 is 0 Å². The standard InChI is InChI=1S/C9H17N/c1-7-9(6-10-7)8-4-2-3-5-8/h7-10H,2-6H2,1H3. The van der Waals surface area contributed by atoms with Gasteiger partial charge >= 0.3 is 0 Å². The van der Waals surface area contributed by atoms with Gasteiger partial charge in [0.05, 0.1) is 0 Å². The Kier molecular flexibility index (Phi) is 1.69. The molecule has 2 aliphatic rings. The monoisotopic (exact) mass is 139 g/mol. The quantitative estimate of drug-likeness (QED) is 0.584. The van der Waals surface area contributed by atoms with Crippen molar-refractivity contribution >= 4 is 0 Å². The Morgan fingerprint density at radius 1 is 1.20 bits per heavy atom. The van der Waals surface area contributed by atoms with E-state index in [4.69, 9.17) is 0 Å². The second-order valence-electron chi connectivity index (χ2n) is 3.91. The number of nitrogens with one attached hydrogen (secondary N) is 1. The van der Waals surface area contributed by atoms with Crippen molar-refractivity contribution in [2.75, 3.05) is 6.54 Å². The summed E-state index contributed by atoms with van der Waals surface area (Å²) in [5.41, 5.74) is 0. The summed E-state index contributed by atoms with van der Waals surface area (Å²) >= 11 is 0. The lowest BCUT2D eigenvalue weighted by Crippen LogP contribution is -2.53. The van der Waals surface area contributed by atoms with E-state index in [1.54, 1.807) is 0 Å². The molecular weight excluding hydrogens is 122 g/mol. The zero-order chi connectivity index (χ0) is 6.97. The van der Waals surface area contributed by atoms with Crippen molar-refractivity contribution in [3.63, 3.8) is 0 Å². The molecule has 2 rings (SSSR count). The SMILES string of the molecule is CC1NCC1C1CCCC1. The van der Waals surface area contributed by atoms with E-state index in [0.717, 1.165) is 17.9 Å².